The lowest BCUT2D eigenvalue weighted by molar-refractivity contribution is -0.141. The summed E-state index contributed by atoms with van der Waals surface area (Å²) in [5.74, 6) is 1.44. The van der Waals surface area contributed by atoms with E-state index < -0.39 is 23.1 Å². The Morgan fingerprint density at radius 3 is 2.39 bits per heavy atom. The van der Waals surface area contributed by atoms with Crippen LogP contribution in [0.4, 0.5) is 19.0 Å². The van der Waals surface area contributed by atoms with E-state index in [1.807, 2.05) is 12.4 Å². The highest BCUT2D eigenvalue weighted by atomic mass is 19.4. The number of alkyl halides is 3. The standard InChI is InChI=1S/C24H21F3N8O/c25-24(26,27)18-6-1-12(8-30-18)9-31-22-19(17(29)7-28)23(36)35-21(34-22)16-5-4-15(16)20-32-10-14(11-33-20)13-2-3-13/h1,6,8,10-11,13,15-16,29H,2-5,9H2,(H2,31,34,35,36). The van der Waals surface area contributed by atoms with Crippen LogP contribution >= 0.6 is 0 Å². The van der Waals surface area contributed by atoms with Gasteiger partial charge in [-0.15, -0.1) is 0 Å². The number of nitrogens with zero attached hydrogens (tertiary/aromatic N) is 5. The zero-order valence-corrected chi connectivity index (χ0v) is 18.9. The number of rotatable bonds is 7. The van der Waals surface area contributed by atoms with Crippen LogP contribution in [0.15, 0.2) is 35.5 Å². The minimum atomic E-state index is -4.55. The maximum Gasteiger partial charge on any atom is 0.433 e. The molecule has 0 aromatic carbocycles. The number of aromatic nitrogens is 5. The minimum absolute atomic E-state index is 0.00737. The smallest absolute Gasteiger partial charge is 0.365 e. The molecule has 2 unspecified atom stereocenters. The van der Waals surface area contributed by atoms with E-state index in [1.165, 1.54) is 6.07 Å². The lowest BCUT2D eigenvalue weighted by Gasteiger charge is -2.34. The summed E-state index contributed by atoms with van der Waals surface area (Å²) in [6.07, 6.45) is 4.12. The molecule has 0 radical (unpaired) electrons. The molecule has 2 aliphatic carbocycles. The second kappa shape index (κ2) is 9.14. The van der Waals surface area contributed by atoms with E-state index in [1.54, 1.807) is 6.07 Å². The van der Waals surface area contributed by atoms with Crippen molar-refractivity contribution in [3.8, 4) is 6.07 Å². The average Bonchev–Trinajstić information content (AvgIpc) is 3.67. The largest absolute Gasteiger partial charge is 0.433 e. The Morgan fingerprint density at radius 2 is 1.83 bits per heavy atom. The first-order valence-corrected chi connectivity index (χ1v) is 11.5. The first kappa shape index (κ1) is 23.6. The van der Waals surface area contributed by atoms with E-state index >= 15 is 0 Å². The molecule has 3 aromatic heterocycles. The van der Waals surface area contributed by atoms with E-state index in [2.05, 4.69) is 30.2 Å². The summed E-state index contributed by atoms with van der Waals surface area (Å²) in [6, 6.07) is 3.76. The molecule has 0 aliphatic heterocycles. The Labute approximate surface area is 203 Å². The zero-order valence-electron chi connectivity index (χ0n) is 18.9. The summed E-state index contributed by atoms with van der Waals surface area (Å²) in [6.45, 7) is -0.00737. The number of hydrogen-bond acceptors (Lipinski definition) is 8. The summed E-state index contributed by atoms with van der Waals surface area (Å²) >= 11 is 0. The molecular weight excluding hydrogens is 473 g/mol. The molecule has 0 saturated heterocycles. The summed E-state index contributed by atoms with van der Waals surface area (Å²) in [4.78, 5) is 32.5. The molecule has 5 rings (SSSR count). The zero-order chi connectivity index (χ0) is 25.4. The van der Waals surface area contributed by atoms with Crippen molar-refractivity contribution >= 4 is 11.5 Å². The number of nitrogens with one attached hydrogen (secondary N) is 3. The maximum absolute atomic E-state index is 12.8. The molecule has 0 amide bonds. The van der Waals surface area contributed by atoms with Gasteiger partial charge >= 0.3 is 6.18 Å². The van der Waals surface area contributed by atoms with Crippen molar-refractivity contribution in [2.24, 2.45) is 0 Å². The summed E-state index contributed by atoms with van der Waals surface area (Å²) in [5, 5.41) is 20.0. The Bertz CT molecular complexity index is 1390. The fraction of sp³-hybridized carbons (Fsp3) is 0.375. The summed E-state index contributed by atoms with van der Waals surface area (Å²) in [5.41, 5.74) is -0.931. The van der Waals surface area contributed by atoms with Crippen molar-refractivity contribution in [1.82, 2.24) is 24.9 Å². The van der Waals surface area contributed by atoms with Gasteiger partial charge in [-0.05, 0) is 48.8 Å². The van der Waals surface area contributed by atoms with Gasteiger partial charge in [0.2, 0.25) is 0 Å². The number of aromatic amines is 1. The van der Waals surface area contributed by atoms with Crippen molar-refractivity contribution in [3.63, 3.8) is 0 Å². The Balaban J connectivity index is 1.39. The molecule has 2 atom stereocenters. The van der Waals surface area contributed by atoms with Gasteiger partial charge in [-0.3, -0.25) is 15.2 Å². The van der Waals surface area contributed by atoms with E-state index in [0.717, 1.165) is 43.5 Å². The highest BCUT2D eigenvalue weighted by Crippen LogP contribution is 2.47. The number of pyridine rings is 1. The van der Waals surface area contributed by atoms with Crippen molar-refractivity contribution < 1.29 is 13.2 Å². The number of H-pyrrole nitrogens is 1. The molecule has 12 heteroatoms. The molecule has 2 saturated carbocycles. The van der Waals surface area contributed by atoms with Crippen molar-refractivity contribution in [3.05, 3.63) is 75.1 Å². The fourth-order valence-corrected chi connectivity index (χ4v) is 4.27. The van der Waals surface area contributed by atoms with Crippen LogP contribution in [0.5, 0.6) is 0 Å². The number of halogens is 3. The molecular formula is C24H21F3N8O. The van der Waals surface area contributed by atoms with Crippen molar-refractivity contribution in [1.29, 1.82) is 10.7 Å². The summed E-state index contributed by atoms with van der Waals surface area (Å²) in [7, 11) is 0. The maximum atomic E-state index is 12.8. The van der Waals surface area contributed by atoms with Gasteiger partial charge < -0.3 is 10.3 Å². The van der Waals surface area contributed by atoms with E-state index in [4.69, 9.17) is 5.41 Å². The van der Waals surface area contributed by atoms with Crippen LogP contribution in [-0.4, -0.2) is 30.6 Å². The van der Waals surface area contributed by atoms with Gasteiger partial charge in [-0.25, -0.2) is 15.0 Å². The first-order chi connectivity index (χ1) is 17.2. The molecule has 3 aromatic rings. The average molecular weight is 494 g/mol. The molecule has 0 spiro atoms. The van der Waals surface area contributed by atoms with Gasteiger partial charge in [0, 0.05) is 37.0 Å². The van der Waals surface area contributed by atoms with Gasteiger partial charge in [0.25, 0.3) is 5.56 Å². The predicted molar refractivity (Wildman–Crippen MR) is 123 cm³/mol. The third kappa shape index (κ3) is 4.68. The van der Waals surface area contributed by atoms with Gasteiger partial charge in [-0.2, -0.15) is 18.4 Å². The molecule has 3 N–H and O–H groups in total. The van der Waals surface area contributed by atoms with Crippen LogP contribution < -0.4 is 10.9 Å². The topological polar surface area (TPSA) is 144 Å². The summed E-state index contributed by atoms with van der Waals surface area (Å²) < 4.78 is 38.3. The Morgan fingerprint density at radius 1 is 1.11 bits per heavy atom. The van der Waals surface area contributed by atoms with Crippen LogP contribution in [0.1, 0.15) is 77.5 Å². The Hall–Kier alpha value is -4.14. The van der Waals surface area contributed by atoms with E-state index in [-0.39, 0.29) is 29.8 Å². The third-order valence-corrected chi connectivity index (χ3v) is 6.57. The number of nitriles is 1. The Kier molecular flexibility index (Phi) is 5.99. The predicted octanol–water partition coefficient (Wildman–Crippen LogP) is 4.02. The van der Waals surface area contributed by atoms with Crippen LogP contribution in [-0.2, 0) is 12.7 Å². The molecule has 9 nitrogen and oxygen atoms in total. The molecule has 36 heavy (non-hydrogen) atoms. The van der Waals surface area contributed by atoms with Crippen LogP contribution in [0.2, 0.25) is 0 Å². The van der Waals surface area contributed by atoms with E-state index in [0.29, 0.717) is 23.1 Å². The van der Waals surface area contributed by atoms with Crippen LogP contribution in [0.25, 0.3) is 0 Å². The third-order valence-electron chi connectivity index (χ3n) is 6.57. The van der Waals surface area contributed by atoms with Gasteiger partial charge in [0.05, 0.1) is 0 Å². The van der Waals surface area contributed by atoms with Gasteiger partial charge in [0.1, 0.15) is 40.5 Å². The van der Waals surface area contributed by atoms with Gasteiger partial charge in [-0.1, -0.05) is 6.07 Å². The molecule has 0 bridgehead atoms. The van der Waals surface area contributed by atoms with E-state index in [9.17, 15) is 23.2 Å². The lowest BCUT2D eigenvalue weighted by Crippen LogP contribution is -2.30. The second-order valence-corrected chi connectivity index (χ2v) is 9.00. The first-order valence-electron chi connectivity index (χ1n) is 11.5. The number of anilines is 1. The molecule has 184 valence electrons. The second-order valence-electron chi connectivity index (χ2n) is 9.00. The number of hydrogen-bond donors (Lipinski definition) is 3. The molecule has 2 aliphatic rings. The molecule has 3 heterocycles. The highest BCUT2D eigenvalue weighted by Gasteiger charge is 2.38. The van der Waals surface area contributed by atoms with Crippen LogP contribution in [0, 0.1) is 16.7 Å². The van der Waals surface area contributed by atoms with Crippen molar-refractivity contribution in [2.45, 2.75) is 56.2 Å². The normalized spacial score (nSPS) is 19.3. The van der Waals surface area contributed by atoms with Gasteiger partial charge in [0.15, 0.2) is 0 Å². The minimum Gasteiger partial charge on any atom is -0.365 e. The fourth-order valence-electron chi connectivity index (χ4n) is 4.27. The van der Waals surface area contributed by atoms with Crippen molar-refractivity contribution in [2.75, 3.05) is 5.32 Å². The quantitative estimate of drug-likeness (QED) is 0.421. The van der Waals surface area contributed by atoms with Crippen LogP contribution in [0.3, 0.4) is 0 Å². The monoisotopic (exact) mass is 494 g/mol. The SMILES string of the molecule is N#CC(=N)c1c(NCc2ccc(C(F)(F)F)nc2)nc(C2CCC2c2ncc(C3CC3)cn2)[nH]c1=O. The highest BCUT2D eigenvalue weighted by molar-refractivity contribution is 6.12. The lowest BCUT2D eigenvalue weighted by atomic mass is 9.72. The molecule has 2 fully saturated rings.